The monoisotopic (exact) mass is 283 g/mol. The van der Waals surface area contributed by atoms with E-state index in [0.29, 0.717) is 25.9 Å². The summed E-state index contributed by atoms with van der Waals surface area (Å²) < 4.78 is 5.50. The molecule has 1 heterocycles. The van der Waals surface area contributed by atoms with E-state index in [-0.39, 0.29) is 24.7 Å². The van der Waals surface area contributed by atoms with E-state index in [1.807, 2.05) is 19.1 Å². The number of aliphatic carboxylic acids is 1. The highest BCUT2D eigenvalue weighted by Crippen LogP contribution is 2.28. The van der Waals surface area contributed by atoms with Crippen molar-refractivity contribution >= 4 is 11.9 Å². The van der Waals surface area contributed by atoms with Crippen LogP contribution in [0.3, 0.4) is 0 Å². The molecule has 0 spiro atoms. The maximum absolute atomic E-state index is 12.6. The first kappa shape index (κ1) is 15.0. The molecule has 1 aliphatic carbocycles. The van der Waals surface area contributed by atoms with Gasteiger partial charge in [0, 0.05) is 13.1 Å². The number of carbonyl (C=O) groups excluding carboxylic acids is 1. The molecule has 1 saturated heterocycles. The summed E-state index contributed by atoms with van der Waals surface area (Å²) in [6.45, 7) is 2.48. The van der Waals surface area contributed by atoms with Gasteiger partial charge in [-0.05, 0) is 19.8 Å². The number of ether oxygens (including phenoxy) is 1. The Bertz CT molecular complexity index is 408. The van der Waals surface area contributed by atoms with Crippen LogP contribution in [0.1, 0.15) is 19.8 Å². The molecule has 112 valence electrons. The van der Waals surface area contributed by atoms with Crippen molar-refractivity contribution < 1.29 is 24.5 Å². The van der Waals surface area contributed by atoms with Gasteiger partial charge in [-0.15, -0.1) is 0 Å². The third kappa shape index (κ3) is 3.19. The lowest BCUT2D eigenvalue weighted by atomic mass is 9.82. The second-order valence-electron chi connectivity index (χ2n) is 5.49. The van der Waals surface area contributed by atoms with Crippen molar-refractivity contribution in [3.05, 3.63) is 12.2 Å². The zero-order valence-corrected chi connectivity index (χ0v) is 11.6. The Morgan fingerprint density at radius 1 is 1.25 bits per heavy atom. The van der Waals surface area contributed by atoms with Crippen molar-refractivity contribution in [3.63, 3.8) is 0 Å². The average Bonchev–Trinajstić information content (AvgIpc) is 2.45. The lowest BCUT2D eigenvalue weighted by Crippen LogP contribution is -2.53. The molecular weight excluding hydrogens is 262 g/mol. The van der Waals surface area contributed by atoms with Crippen LogP contribution in [0.2, 0.25) is 0 Å². The number of aliphatic hydroxyl groups is 1. The lowest BCUT2D eigenvalue weighted by Gasteiger charge is -2.39. The summed E-state index contributed by atoms with van der Waals surface area (Å²) in [6.07, 6.45) is 4.02. The van der Waals surface area contributed by atoms with Crippen LogP contribution in [0.4, 0.5) is 0 Å². The Morgan fingerprint density at radius 3 is 2.50 bits per heavy atom. The number of nitrogens with zero attached hydrogens (tertiary/aromatic N) is 1. The molecule has 2 N–H and O–H groups in total. The molecule has 4 atom stereocenters. The first-order valence-electron chi connectivity index (χ1n) is 6.95. The smallest absolute Gasteiger partial charge is 0.307 e. The molecular formula is C14H21NO5. The molecule has 1 fully saturated rings. The fourth-order valence-corrected chi connectivity index (χ4v) is 2.92. The molecule has 6 heteroatoms. The number of allylic oxidation sites excluding steroid dienone is 2. The van der Waals surface area contributed by atoms with Crippen molar-refractivity contribution in [1.82, 2.24) is 4.90 Å². The molecule has 2 rings (SSSR count). The molecule has 0 aromatic heterocycles. The fraction of sp³-hybridized carbons (Fsp3) is 0.714. The molecule has 6 nitrogen and oxygen atoms in total. The molecule has 2 unspecified atom stereocenters. The molecule has 0 bridgehead atoms. The zero-order valence-electron chi connectivity index (χ0n) is 11.6. The number of hydrogen-bond acceptors (Lipinski definition) is 4. The molecule has 1 aliphatic heterocycles. The van der Waals surface area contributed by atoms with Gasteiger partial charge < -0.3 is 19.8 Å². The maximum atomic E-state index is 12.6. The standard InChI is InChI=1S/C14H21NO5/c1-9-6-15(7-10(8-16)20-9)13(17)11-4-2-3-5-12(11)14(18)19/h2-3,9-12,16H,4-8H2,1H3,(H,18,19)/t9?,10?,11-,12+/m1/s1. The van der Waals surface area contributed by atoms with Gasteiger partial charge in [-0.25, -0.2) is 0 Å². The molecule has 0 aromatic rings. The quantitative estimate of drug-likeness (QED) is 0.726. The number of carbonyl (C=O) groups is 2. The van der Waals surface area contributed by atoms with E-state index >= 15 is 0 Å². The predicted octanol–water partition coefficient (Wildman–Crippen LogP) is 0.262. The third-order valence-corrected chi connectivity index (χ3v) is 3.91. The minimum Gasteiger partial charge on any atom is -0.481 e. The van der Waals surface area contributed by atoms with E-state index in [1.54, 1.807) is 4.90 Å². The van der Waals surface area contributed by atoms with Gasteiger partial charge in [-0.1, -0.05) is 12.2 Å². The average molecular weight is 283 g/mol. The molecule has 0 saturated carbocycles. The van der Waals surface area contributed by atoms with Gasteiger partial charge in [0.2, 0.25) is 5.91 Å². The van der Waals surface area contributed by atoms with Gasteiger partial charge in [-0.3, -0.25) is 9.59 Å². The number of carboxylic acids is 1. The first-order chi connectivity index (χ1) is 9.52. The van der Waals surface area contributed by atoms with Crippen LogP contribution < -0.4 is 0 Å². The normalized spacial score (nSPS) is 34.0. The highest BCUT2D eigenvalue weighted by Gasteiger charge is 2.38. The summed E-state index contributed by atoms with van der Waals surface area (Å²) in [7, 11) is 0. The highest BCUT2D eigenvalue weighted by molar-refractivity contribution is 5.85. The topological polar surface area (TPSA) is 87.1 Å². The SMILES string of the molecule is CC1CN(C(=O)[C@@H]2CC=CC[C@@H]2C(=O)O)CC(CO)O1. The molecule has 0 radical (unpaired) electrons. The van der Waals surface area contributed by atoms with Crippen LogP contribution >= 0.6 is 0 Å². The second-order valence-corrected chi connectivity index (χ2v) is 5.49. The minimum absolute atomic E-state index is 0.138. The van der Waals surface area contributed by atoms with Crippen LogP contribution in [0.15, 0.2) is 12.2 Å². The van der Waals surface area contributed by atoms with Gasteiger partial charge in [0.15, 0.2) is 0 Å². The van der Waals surface area contributed by atoms with Gasteiger partial charge in [0.25, 0.3) is 0 Å². The number of amides is 1. The minimum atomic E-state index is -0.923. The van der Waals surface area contributed by atoms with E-state index in [0.717, 1.165) is 0 Å². The van der Waals surface area contributed by atoms with Crippen molar-refractivity contribution in [2.24, 2.45) is 11.8 Å². The highest BCUT2D eigenvalue weighted by atomic mass is 16.5. The van der Waals surface area contributed by atoms with Crippen molar-refractivity contribution in [3.8, 4) is 0 Å². The number of hydrogen-bond donors (Lipinski definition) is 2. The molecule has 20 heavy (non-hydrogen) atoms. The van der Waals surface area contributed by atoms with Crippen LogP contribution in [0, 0.1) is 11.8 Å². The Kier molecular flexibility index (Phi) is 4.77. The third-order valence-electron chi connectivity index (χ3n) is 3.91. The summed E-state index contributed by atoms with van der Waals surface area (Å²) in [6, 6.07) is 0. The van der Waals surface area contributed by atoms with E-state index in [2.05, 4.69) is 0 Å². The Labute approximate surface area is 118 Å². The van der Waals surface area contributed by atoms with Gasteiger partial charge in [-0.2, -0.15) is 0 Å². The Balaban J connectivity index is 2.09. The Morgan fingerprint density at radius 2 is 1.90 bits per heavy atom. The number of aliphatic hydroxyl groups excluding tert-OH is 1. The summed E-state index contributed by atoms with van der Waals surface area (Å²) >= 11 is 0. The molecule has 0 aromatic carbocycles. The zero-order chi connectivity index (χ0) is 14.7. The summed E-state index contributed by atoms with van der Waals surface area (Å²) in [5.74, 6) is -2.23. The number of morpholine rings is 1. The van der Waals surface area contributed by atoms with E-state index in [4.69, 9.17) is 4.74 Å². The van der Waals surface area contributed by atoms with E-state index in [9.17, 15) is 19.8 Å². The van der Waals surface area contributed by atoms with E-state index in [1.165, 1.54) is 0 Å². The Hall–Kier alpha value is -1.40. The van der Waals surface area contributed by atoms with E-state index < -0.39 is 17.8 Å². The van der Waals surface area contributed by atoms with Crippen molar-refractivity contribution in [1.29, 1.82) is 0 Å². The summed E-state index contributed by atoms with van der Waals surface area (Å²) in [5, 5.41) is 18.4. The number of rotatable bonds is 3. The maximum Gasteiger partial charge on any atom is 0.307 e. The van der Waals surface area contributed by atoms with Gasteiger partial charge in [0.1, 0.15) is 0 Å². The fourth-order valence-electron chi connectivity index (χ4n) is 2.92. The lowest BCUT2D eigenvalue weighted by molar-refractivity contribution is -0.158. The van der Waals surface area contributed by atoms with Crippen LogP contribution in [-0.4, -0.2) is 58.9 Å². The van der Waals surface area contributed by atoms with Crippen LogP contribution in [0.25, 0.3) is 0 Å². The molecule has 1 amide bonds. The second kappa shape index (κ2) is 6.37. The number of carboxylic acid groups (broad SMARTS) is 1. The molecule has 2 aliphatic rings. The van der Waals surface area contributed by atoms with Gasteiger partial charge >= 0.3 is 5.97 Å². The summed E-state index contributed by atoms with van der Waals surface area (Å²) in [5.41, 5.74) is 0. The van der Waals surface area contributed by atoms with Crippen molar-refractivity contribution in [2.75, 3.05) is 19.7 Å². The first-order valence-corrected chi connectivity index (χ1v) is 6.95. The van der Waals surface area contributed by atoms with Crippen molar-refractivity contribution in [2.45, 2.75) is 32.0 Å². The largest absolute Gasteiger partial charge is 0.481 e. The van der Waals surface area contributed by atoms with Crippen LogP contribution in [0.5, 0.6) is 0 Å². The predicted molar refractivity (Wildman–Crippen MR) is 71.0 cm³/mol. The summed E-state index contributed by atoms with van der Waals surface area (Å²) in [4.78, 5) is 25.5. The van der Waals surface area contributed by atoms with Crippen LogP contribution in [-0.2, 0) is 14.3 Å². The van der Waals surface area contributed by atoms with Gasteiger partial charge in [0.05, 0.1) is 30.7 Å².